The van der Waals surface area contributed by atoms with Crippen molar-refractivity contribution in [2.75, 3.05) is 12.0 Å². The van der Waals surface area contributed by atoms with Crippen LogP contribution >= 0.6 is 11.8 Å². The molecule has 0 bridgehead atoms. The minimum Gasteiger partial charge on any atom is -0.480 e. The average Bonchev–Trinajstić information content (AvgIpc) is 3.35. The van der Waals surface area contributed by atoms with Gasteiger partial charge in [0.2, 0.25) is 0 Å². The average molecular weight is 450 g/mol. The van der Waals surface area contributed by atoms with Crippen LogP contribution in [0.25, 0.3) is 11.6 Å². The normalized spacial score (nSPS) is 13.4. The Morgan fingerprint density at radius 1 is 1.12 bits per heavy atom. The first kappa shape index (κ1) is 23.3. The molecule has 1 heterocycles. The van der Waals surface area contributed by atoms with E-state index in [0.29, 0.717) is 17.7 Å². The van der Waals surface area contributed by atoms with Gasteiger partial charge in [0.05, 0.1) is 0 Å². The summed E-state index contributed by atoms with van der Waals surface area (Å²) in [5.74, 6) is 0.175. The van der Waals surface area contributed by atoms with Gasteiger partial charge in [0.1, 0.15) is 11.9 Å². The number of amides is 1. The lowest BCUT2D eigenvalue weighted by Gasteiger charge is -2.16. The second kappa shape index (κ2) is 11.3. The summed E-state index contributed by atoms with van der Waals surface area (Å²) in [6.07, 6.45) is 7.93. The van der Waals surface area contributed by atoms with Crippen LogP contribution in [0.4, 0.5) is 0 Å². The molecular weight excluding hydrogens is 422 g/mol. The number of H-pyrrole nitrogens is 1. The molecule has 166 valence electrons. The van der Waals surface area contributed by atoms with Crippen LogP contribution in [-0.4, -0.2) is 45.0 Å². The van der Waals surface area contributed by atoms with Gasteiger partial charge in [-0.1, -0.05) is 55.5 Å². The Morgan fingerprint density at radius 3 is 2.44 bits per heavy atom. The van der Waals surface area contributed by atoms with Gasteiger partial charge in [0, 0.05) is 23.9 Å². The molecule has 2 atom stereocenters. The van der Waals surface area contributed by atoms with E-state index >= 15 is 0 Å². The summed E-state index contributed by atoms with van der Waals surface area (Å²) in [6, 6.07) is 16.4. The van der Waals surface area contributed by atoms with Crippen molar-refractivity contribution in [2.24, 2.45) is 0 Å². The van der Waals surface area contributed by atoms with E-state index in [9.17, 15) is 14.7 Å². The Labute approximate surface area is 192 Å². The zero-order chi connectivity index (χ0) is 22.9. The van der Waals surface area contributed by atoms with Crippen molar-refractivity contribution >= 4 is 35.3 Å². The minimum absolute atomic E-state index is 0.0446. The number of benzene rings is 2. The number of nitrogens with zero attached hydrogens (tertiary/aromatic N) is 1. The van der Waals surface area contributed by atoms with Crippen molar-refractivity contribution in [1.29, 1.82) is 0 Å². The summed E-state index contributed by atoms with van der Waals surface area (Å²) in [7, 11) is 0. The van der Waals surface area contributed by atoms with E-state index in [2.05, 4.69) is 40.4 Å². The first-order valence-corrected chi connectivity index (χ1v) is 11.8. The number of aromatic nitrogens is 2. The molecule has 7 heteroatoms. The number of carboxylic acids is 1. The quantitative estimate of drug-likeness (QED) is 0.390. The molecule has 0 fully saturated rings. The van der Waals surface area contributed by atoms with Gasteiger partial charge in [0.25, 0.3) is 5.91 Å². The largest absolute Gasteiger partial charge is 0.480 e. The Morgan fingerprint density at radius 2 is 1.84 bits per heavy atom. The monoisotopic (exact) mass is 449 g/mol. The van der Waals surface area contributed by atoms with Gasteiger partial charge in [0.15, 0.2) is 0 Å². The highest BCUT2D eigenvalue weighted by atomic mass is 32.2. The number of nitrogens with one attached hydrogen (secondary N) is 2. The predicted octanol–water partition coefficient (Wildman–Crippen LogP) is 4.69. The molecule has 0 aliphatic rings. The maximum Gasteiger partial charge on any atom is 0.326 e. The third-order valence-electron chi connectivity index (χ3n) is 5.21. The molecule has 1 amide bonds. The van der Waals surface area contributed by atoms with Crippen molar-refractivity contribution in [3.63, 3.8) is 0 Å². The van der Waals surface area contributed by atoms with Crippen molar-refractivity contribution in [2.45, 2.75) is 25.3 Å². The van der Waals surface area contributed by atoms with Crippen LogP contribution in [-0.2, 0) is 4.79 Å². The Bertz CT molecular complexity index is 1050. The van der Waals surface area contributed by atoms with Crippen LogP contribution in [0.5, 0.6) is 0 Å². The topological polar surface area (TPSA) is 95.1 Å². The second-order valence-electron chi connectivity index (χ2n) is 7.43. The molecule has 0 saturated heterocycles. The molecule has 0 aliphatic carbocycles. The summed E-state index contributed by atoms with van der Waals surface area (Å²) >= 11 is 1.55. The fourth-order valence-electron chi connectivity index (χ4n) is 3.40. The molecular formula is C25H27N3O3S. The van der Waals surface area contributed by atoms with Crippen LogP contribution in [0.2, 0.25) is 0 Å². The summed E-state index contributed by atoms with van der Waals surface area (Å²) < 4.78 is 0. The van der Waals surface area contributed by atoms with Gasteiger partial charge < -0.3 is 15.4 Å². The number of aromatic amines is 1. The highest BCUT2D eigenvalue weighted by molar-refractivity contribution is 7.98. The summed E-state index contributed by atoms with van der Waals surface area (Å²) in [5.41, 5.74) is 3.56. The number of hydrogen-bond acceptors (Lipinski definition) is 4. The number of aliphatic carboxylic acids is 1. The van der Waals surface area contributed by atoms with E-state index in [1.165, 1.54) is 0 Å². The molecule has 2 aromatic carbocycles. The molecule has 1 unspecified atom stereocenters. The molecule has 3 aromatic rings. The zero-order valence-electron chi connectivity index (χ0n) is 18.1. The van der Waals surface area contributed by atoms with Crippen molar-refractivity contribution < 1.29 is 14.7 Å². The predicted molar refractivity (Wildman–Crippen MR) is 130 cm³/mol. The SMILES string of the molecule is CSCC[C@H](NC(=O)c1ccc(C=C(c2ccccc2)C(C)c2ncc[nH]2)cc1)C(=O)O. The number of carbonyl (C=O) groups excluding carboxylic acids is 1. The van der Waals surface area contributed by atoms with E-state index in [4.69, 9.17) is 0 Å². The molecule has 6 nitrogen and oxygen atoms in total. The van der Waals surface area contributed by atoms with Crippen molar-refractivity contribution in [3.8, 4) is 0 Å². The molecule has 3 N–H and O–H groups in total. The molecule has 32 heavy (non-hydrogen) atoms. The summed E-state index contributed by atoms with van der Waals surface area (Å²) in [5, 5.41) is 11.9. The van der Waals surface area contributed by atoms with Crippen molar-refractivity contribution in [1.82, 2.24) is 15.3 Å². The Balaban J connectivity index is 1.82. The molecule has 1 aromatic heterocycles. The number of allylic oxidation sites excluding steroid dienone is 1. The maximum atomic E-state index is 12.5. The number of rotatable bonds is 10. The lowest BCUT2D eigenvalue weighted by atomic mass is 9.91. The standard InChI is InChI=1S/C25H27N3O3S/c1-17(23-26-13-14-27-23)21(19-6-4-3-5-7-19)16-18-8-10-20(11-9-18)24(29)28-22(25(30)31)12-15-32-2/h3-11,13-14,16-17,22H,12,15H2,1-2H3,(H,26,27)(H,28,29)(H,30,31)/t17?,22-/m0/s1. The number of thioether (sulfide) groups is 1. The maximum absolute atomic E-state index is 12.5. The van der Waals surface area contributed by atoms with E-state index < -0.39 is 12.0 Å². The zero-order valence-corrected chi connectivity index (χ0v) is 18.9. The van der Waals surface area contributed by atoms with Gasteiger partial charge in [-0.2, -0.15) is 11.8 Å². The van der Waals surface area contributed by atoms with Gasteiger partial charge in [-0.15, -0.1) is 0 Å². The highest BCUT2D eigenvalue weighted by Gasteiger charge is 2.20. The summed E-state index contributed by atoms with van der Waals surface area (Å²) in [6.45, 7) is 2.10. The van der Waals surface area contributed by atoms with Crippen LogP contribution in [0, 0.1) is 0 Å². The summed E-state index contributed by atoms with van der Waals surface area (Å²) in [4.78, 5) is 31.5. The number of hydrogen-bond donors (Lipinski definition) is 3. The van der Waals surface area contributed by atoms with Crippen LogP contribution in [0.15, 0.2) is 67.0 Å². The fourth-order valence-corrected chi connectivity index (χ4v) is 3.87. The van der Waals surface area contributed by atoms with Gasteiger partial charge in [-0.3, -0.25) is 4.79 Å². The lowest BCUT2D eigenvalue weighted by Crippen LogP contribution is -2.41. The smallest absolute Gasteiger partial charge is 0.326 e. The molecule has 0 aliphatic heterocycles. The molecule has 0 spiro atoms. The van der Waals surface area contributed by atoms with Gasteiger partial charge >= 0.3 is 5.97 Å². The van der Waals surface area contributed by atoms with Crippen LogP contribution < -0.4 is 5.32 Å². The van der Waals surface area contributed by atoms with Crippen molar-refractivity contribution in [3.05, 3.63) is 89.5 Å². The van der Waals surface area contributed by atoms with E-state index in [1.54, 1.807) is 30.1 Å². The third-order valence-corrected chi connectivity index (χ3v) is 5.86. The van der Waals surface area contributed by atoms with Crippen LogP contribution in [0.1, 0.15) is 46.6 Å². The Hall–Kier alpha value is -3.32. The first-order chi connectivity index (χ1) is 15.5. The first-order valence-electron chi connectivity index (χ1n) is 10.4. The second-order valence-corrected chi connectivity index (χ2v) is 8.42. The number of carboxylic acid groups (broad SMARTS) is 1. The third kappa shape index (κ3) is 6.11. The Kier molecular flexibility index (Phi) is 8.27. The minimum atomic E-state index is -1.02. The number of imidazole rings is 1. The van der Waals surface area contributed by atoms with Gasteiger partial charge in [-0.05, 0) is 47.3 Å². The molecule has 3 rings (SSSR count). The molecule has 0 radical (unpaired) electrons. The van der Waals surface area contributed by atoms with E-state index in [0.717, 1.165) is 22.5 Å². The highest BCUT2D eigenvalue weighted by Crippen LogP contribution is 2.31. The van der Waals surface area contributed by atoms with Gasteiger partial charge in [-0.25, -0.2) is 9.78 Å². The molecule has 0 saturated carbocycles. The number of carbonyl (C=O) groups is 2. The van der Waals surface area contributed by atoms with Crippen LogP contribution in [0.3, 0.4) is 0 Å². The van der Waals surface area contributed by atoms with E-state index in [-0.39, 0.29) is 11.8 Å². The fraction of sp³-hybridized carbons (Fsp3) is 0.240. The van der Waals surface area contributed by atoms with E-state index in [1.807, 2.05) is 42.8 Å². The lowest BCUT2D eigenvalue weighted by molar-refractivity contribution is -0.139.